The van der Waals surface area contributed by atoms with E-state index in [1.807, 2.05) is 22.8 Å². The number of benzene rings is 1. The number of nitrogens with two attached hydrogens (primary N) is 1. The van der Waals surface area contributed by atoms with Gasteiger partial charge in [0.15, 0.2) is 0 Å². The van der Waals surface area contributed by atoms with Crippen molar-refractivity contribution in [3.63, 3.8) is 0 Å². The molecule has 0 aliphatic heterocycles. The third kappa shape index (κ3) is 2.68. The molecular weight excluding hydrogens is 331 g/mol. The van der Waals surface area contributed by atoms with Crippen molar-refractivity contribution in [2.75, 3.05) is 12.3 Å². The monoisotopic (exact) mass is 344 g/mol. The molecule has 0 atom stereocenters. The quantitative estimate of drug-likeness (QED) is 0.826. The van der Waals surface area contributed by atoms with Crippen molar-refractivity contribution >= 4 is 45.5 Å². The fourth-order valence-electron chi connectivity index (χ4n) is 1.70. The highest BCUT2D eigenvalue weighted by Gasteiger charge is 2.07. The van der Waals surface area contributed by atoms with E-state index in [0.717, 1.165) is 14.6 Å². The number of anilines is 1. The standard InChI is InChI=1S/C11H13IN4O/c1-7(17)14-4-5-16-10-3-2-8(12)6-9(10)15-11(16)13/h2-3,6H,4-5H2,1H3,(H2,13,15)(H,14,17). The van der Waals surface area contributed by atoms with E-state index in [0.29, 0.717) is 19.0 Å². The smallest absolute Gasteiger partial charge is 0.216 e. The van der Waals surface area contributed by atoms with Crippen LogP contribution in [0.1, 0.15) is 6.92 Å². The van der Waals surface area contributed by atoms with E-state index in [1.54, 1.807) is 0 Å². The predicted molar refractivity (Wildman–Crippen MR) is 75.5 cm³/mol. The van der Waals surface area contributed by atoms with Crippen LogP contribution in [0.3, 0.4) is 0 Å². The number of carbonyl (C=O) groups is 1. The molecule has 1 heterocycles. The molecule has 2 rings (SSSR count). The van der Waals surface area contributed by atoms with Gasteiger partial charge in [-0.2, -0.15) is 0 Å². The third-order valence-corrected chi connectivity index (χ3v) is 3.12. The summed E-state index contributed by atoms with van der Waals surface area (Å²) in [5.74, 6) is 0.440. The molecule has 1 amide bonds. The molecule has 0 fully saturated rings. The molecule has 0 aliphatic rings. The average Bonchev–Trinajstić information content (AvgIpc) is 2.54. The summed E-state index contributed by atoms with van der Waals surface area (Å²) in [4.78, 5) is 15.1. The molecule has 0 saturated carbocycles. The van der Waals surface area contributed by atoms with E-state index < -0.39 is 0 Å². The van der Waals surface area contributed by atoms with Crippen LogP contribution >= 0.6 is 22.6 Å². The van der Waals surface area contributed by atoms with Gasteiger partial charge < -0.3 is 15.6 Å². The molecule has 0 radical (unpaired) electrons. The van der Waals surface area contributed by atoms with Crippen LogP contribution in [0.2, 0.25) is 0 Å². The van der Waals surface area contributed by atoms with Gasteiger partial charge >= 0.3 is 0 Å². The van der Waals surface area contributed by atoms with Crippen molar-refractivity contribution in [3.05, 3.63) is 21.8 Å². The van der Waals surface area contributed by atoms with Crippen LogP contribution in [-0.2, 0) is 11.3 Å². The molecule has 2 aromatic rings. The van der Waals surface area contributed by atoms with E-state index in [2.05, 4.69) is 32.9 Å². The maximum Gasteiger partial charge on any atom is 0.216 e. The number of aromatic nitrogens is 2. The summed E-state index contributed by atoms with van der Waals surface area (Å²) >= 11 is 2.24. The van der Waals surface area contributed by atoms with Gasteiger partial charge in [0.2, 0.25) is 11.9 Å². The SMILES string of the molecule is CC(=O)NCCn1c(N)nc2cc(I)ccc21. The van der Waals surface area contributed by atoms with Gasteiger partial charge in [0.1, 0.15) is 0 Å². The molecule has 1 aromatic carbocycles. The summed E-state index contributed by atoms with van der Waals surface area (Å²) in [7, 11) is 0. The maximum atomic E-state index is 10.8. The lowest BCUT2D eigenvalue weighted by molar-refractivity contribution is -0.118. The molecule has 90 valence electrons. The van der Waals surface area contributed by atoms with Crippen molar-refractivity contribution in [2.45, 2.75) is 13.5 Å². The molecule has 1 aromatic heterocycles. The first-order valence-corrected chi connectivity index (χ1v) is 6.31. The summed E-state index contributed by atoms with van der Waals surface area (Å²) in [6.07, 6.45) is 0. The van der Waals surface area contributed by atoms with Crippen LogP contribution in [0.15, 0.2) is 18.2 Å². The Hall–Kier alpha value is -1.31. The molecule has 3 N–H and O–H groups in total. The molecular formula is C11H13IN4O. The largest absolute Gasteiger partial charge is 0.369 e. The van der Waals surface area contributed by atoms with E-state index in [9.17, 15) is 4.79 Å². The van der Waals surface area contributed by atoms with Crippen molar-refractivity contribution in [1.29, 1.82) is 0 Å². The fraction of sp³-hybridized carbons (Fsp3) is 0.273. The van der Waals surface area contributed by atoms with Crippen molar-refractivity contribution in [1.82, 2.24) is 14.9 Å². The molecule has 17 heavy (non-hydrogen) atoms. The predicted octanol–water partition coefficient (Wildman–Crippen LogP) is 1.36. The Morgan fingerprint density at radius 1 is 1.59 bits per heavy atom. The number of hydrogen-bond acceptors (Lipinski definition) is 3. The van der Waals surface area contributed by atoms with Crippen LogP contribution < -0.4 is 11.1 Å². The van der Waals surface area contributed by atoms with Gasteiger partial charge in [-0.15, -0.1) is 0 Å². The number of hydrogen-bond donors (Lipinski definition) is 2. The average molecular weight is 344 g/mol. The molecule has 0 aliphatic carbocycles. The number of carbonyl (C=O) groups excluding carboxylic acids is 1. The Morgan fingerprint density at radius 3 is 3.06 bits per heavy atom. The van der Waals surface area contributed by atoms with E-state index in [1.165, 1.54) is 6.92 Å². The number of nitrogens with one attached hydrogen (secondary N) is 1. The van der Waals surface area contributed by atoms with Gasteiger partial charge in [0.25, 0.3) is 0 Å². The number of amides is 1. The molecule has 0 saturated heterocycles. The van der Waals surface area contributed by atoms with Crippen LogP contribution in [0, 0.1) is 3.57 Å². The highest BCUT2D eigenvalue weighted by atomic mass is 127. The fourth-order valence-corrected chi connectivity index (χ4v) is 2.18. The molecule has 0 unspecified atom stereocenters. The molecule has 0 bridgehead atoms. The zero-order valence-corrected chi connectivity index (χ0v) is 11.6. The lowest BCUT2D eigenvalue weighted by Gasteiger charge is -2.06. The normalized spacial score (nSPS) is 10.7. The zero-order valence-electron chi connectivity index (χ0n) is 9.40. The van der Waals surface area contributed by atoms with Gasteiger partial charge in [-0.05, 0) is 40.8 Å². The number of nitrogen functional groups attached to an aromatic ring is 1. The first-order valence-electron chi connectivity index (χ1n) is 5.23. The topological polar surface area (TPSA) is 72.9 Å². The van der Waals surface area contributed by atoms with Gasteiger partial charge in [-0.1, -0.05) is 0 Å². The van der Waals surface area contributed by atoms with Gasteiger partial charge in [0.05, 0.1) is 11.0 Å². The second kappa shape index (κ2) is 4.91. The lowest BCUT2D eigenvalue weighted by atomic mass is 10.3. The van der Waals surface area contributed by atoms with Gasteiger partial charge in [0, 0.05) is 23.6 Å². The van der Waals surface area contributed by atoms with E-state index >= 15 is 0 Å². The summed E-state index contributed by atoms with van der Waals surface area (Å²) in [5, 5.41) is 2.74. The first-order chi connectivity index (χ1) is 8.08. The summed E-state index contributed by atoms with van der Waals surface area (Å²) in [6, 6.07) is 5.99. The van der Waals surface area contributed by atoms with Crippen LogP contribution in [0.4, 0.5) is 5.95 Å². The highest BCUT2D eigenvalue weighted by Crippen LogP contribution is 2.19. The summed E-state index contributed by atoms with van der Waals surface area (Å²) < 4.78 is 3.03. The van der Waals surface area contributed by atoms with Crippen molar-refractivity contribution < 1.29 is 4.79 Å². The second-order valence-corrected chi connectivity index (χ2v) is 4.98. The Bertz CT molecular complexity index is 564. The lowest BCUT2D eigenvalue weighted by Crippen LogP contribution is -2.24. The number of fused-ring (bicyclic) bond motifs is 1. The number of rotatable bonds is 3. The third-order valence-electron chi connectivity index (χ3n) is 2.45. The second-order valence-electron chi connectivity index (χ2n) is 3.74. The minimum absolute atomic E-state index is 0.0393. The minimum atomic E-state index is -0.0393. The van der Waals surface area contributed by atoms with E-state index in [-0.39, 0.29) is 5.91 Å². The Morgan fingerprint density at radius 2 is 2.35 bits per heavy atom. The maximum absolute atomic E-state index is 10.8. The zero-order chi connectivity index (χ0) is 12.4. The number of halogens is 1. The van der Waals surface area contributed by atoms with Gasteiger partial charge in [-0.25, -0.2) is 4.98 Å². The summed E-state index contributed by atoms with van der Waals surface area (Å²) in [5.41, 5.74) is 7.74. The van der Waals surface area contributed by atoms with Crippen LogP contribution in [0.5, 0.6) is 0 Å². The summed E-state index contributed by atoms with van der Waals surface area (Å²) in [6.45, 7) is 2.68. The van der Waals surface area contributed by atoms with E-state index in [4.69, 9.17) is 5.73 Å². The highest BCUT2D eigenvalue weighted by molar-refractivity contribution is 14.1. The minimum Gasteiger partial charge on any atom is -0.369 e. The Kier molecular flexibility index (Phi) is 3.51. The van der Waals surface area contributed by atoms with Crippen LogP contribution in [0.25, 0.3) is 11.0 Å². The number of nitrogens with zero attached hydrogens (tertiary/aromatic N) is 2. The first kappa shape index (κ1) is 12.2. The molecule has 5 nitrogen and oxygen atoms in total. The van der Waals surface area contributed by atoms with Crippen molar-refractivity contribution in [2.24, 2.45) is 0 Å². The van der Waals surface area contributed by atoms with Crippen molar-refractivity contribution in [3.8, 4) is 0 Å². The Balaban J connectivity index is 2.27. The van der Waals surface area contributed by atoms with Gasteiger partial charge in [-0.3, -0.25) is 4.79 Å². The molecule has 6 heteroatoms. The molecule has 0 spiro atoms. The number of imidazole rings is 1. The Labute approximate surface area is 113 Å². The van der Waals surface area contributed by atoms with Crippen LogP contribution in [-0.4, -0.2) is 22.0 Å².